The fourth-order valence-electron chi connectivity index (χ4n) is 4.25. The summed E-state index contributed by atoms with van der Waals surface area (Å²) >= 11 is 1.38. The van der Waals surface area contributed by atoms with Gasteiger partial charge in [0, 0.05) is 5.75 Å². The molecule has 0 aliphatic carbocycles. The predicted molar refractivity (Wildman–Crippen MR) is 153 cm³/mol. The molecular formula is C30H33N3O8S. The van der Waals surface area contributed by atoms with Gasteiger partial charge >= 0.3 is 18.0 Å². The van der Waals surface area contributed by atoms with Crippen LogP contribution in [0.15, 0.2) is 71.9 Å². The average molecular weight is 596 g/mol. The van der Waals surface area contributed by atoms with E-state index in [-0.39, 0.29) is 12.3 Å². The second kappa shape index (κ2) is 13.1. The summed E-state index contributed by atoms with van der Waals surface area (Å²) in [5, 5.41) is 4.75. The minimum Gasteiger partial charge on any atom is -0.445 e. The Morgan fingerprint density at radius 3 is 2.26 bits per heavy atom. The summed E-state index contributed by atoms with van der Waals surface area (Å²) in [7, 11) is 0. The van der Waals surface area contributed by atoms with Crippen molar-refractivity contribution in [1.29, 1.82) is 0 Å². The Labute approximate surface area is 247 Å². The van der Waals surface area contributed by atoms with E-state index in [1.807, 2.05) is 30.3 Å². The van der Waals surface area contributed by atoms with Crippen molar-refractivity contribution in [3.63, 3.8) is 0 Å². The number of nitrogens with one attached hydrogen (secondary N) is 2. The zero-order valence-corrected chi connectivity index (χ0v) is 24.6. The smallest absolute Gasteiger partial charge is 0.408 e. The van der Waals surface area contributed by atoms with Gasteiger partial charge in [0.2, 0.25) is 12.7 Å². The summed E-state index contributed by atoms with van der Waals surface area (Å²) in [5.74, 6) is -2.04. The number of fused-ring (bicyclic) bond motifs is 1. The lowest BCUT2D eigenvalue weighted by Gasteiger charge is -2.49. The van der Waals surface area contributed by atoms with Crippen LogP contribution in [0.3, 0.4) is 0 Å². The topological polar surface area (TPSA) is 140 Å². The molecule has 4 rings (SSSR count). The summed E-state index contributed by atoms with van der Waals surface area (Å²) in [4.78, 5) is 65.4. The Bertz CT molecular complexity index is 1370. The number of hydrogen-bond donors (Lipinski definition) is 2. The number of carbonyl (C=O) groups excluding carboxylic acids is 5. The molecule has 2 aromatic rings. The first-order valence-electron chi connectivity index (χ1n) is 13.3. The number of benzene rings is 2. The highest BCUT2D eigenvalue weighted by molar-refractivity contribution is 8.00. The Hall–Kier alpha value is -4.32. The molecule has 0 aromatic heterocycles. The zero-order chi connectivity index (χ0) is 30.4. The first-order chi connectivity index (χ1) is 20.0. The van der Waals surface area contributed by atoms with Crippen LogP contribution in [0.2, 0.25) is 0 Å². The number of amides is 3. The number of hydrogen-bond acceptors (Lipinski definition) is 9. The minimum absolute atomic E-state index is 0.0184. The van der Waals surface area contributed by atoms with Gasteiger partial charge in [0.1, 0.15) is 29.8 Å². The Kier molecular flexibility index (Phi) is 9.56. The molecule has 0 radical (unpaired) electrons. The first-order valence-corrected chi connectivity index (χ1v) is 14.3. The van der Waals surface area contributed by atoms with Crippen LogP contribution in [0.25, 0.3) is 0 Å². The molecule has 0 spiro atoms. The normalized spacial score (nSPS) is 18.7. The first kappa shape index (κ1) is 30.6. The number of rotatable bonds is 9. The molecule has 42 heavy (non-hydrogen) atoms. The van der Waals surface area contributed by atoms with Gasteiger partial charge in [-0.05, 0) is 44.4 Å². The summed E-state index contributed by atoms with van der Waals surface area (Å²) in [6, 6.07) is 15.6. The number of ether oxygens (including phenoxy) is 3. The maximum Gasteiger partial charge on any atom is 0.408 e. The second-order valence-corrected chi connectivity index (χ2v) is 11.9. The van der Waals surface area contributed by atoms with Gasteiger partial charge in [-0.15, -0.1) is 11.8 Å². The highest BCUT2D eigenvalue weighted by atomic mass is 32.2. The van der Waals surface area contributed by atoms with E-state index in [4.69, 9.17) is 14.2 Å². The van der Waals surface area contributed by atoms with Gasteiger partial charge in [-0.25, -0.2) is 9.59 Å². The van der Waals surface area contributed by atoms with E-state index in [1.54, 1.807) is 58.0 Å². The molecule has 2 N–H and O–H groups in total. The lowest BCUT2D eigenvalue weighted by atomic mass is 9.98. The molecule has 1 saturated heterocycles. The fraction of sp³-hybridized carbons (Fsp3) is 0.367. The number of thioether (sulfide) groups is 1. The van der Waals surface area contributed by atoms with Crippen LogP contribution in [0, 0.1) is 5.41 Å². The highest BCUT2D eigenvalue weighted by Crippen LogP contribution is 2.40. The summed E-state index contributed by atoms with van der Waals surface area (Å²) < 4.78 is 15.5. The third-order valence-electron chi connectivity index (χ3n) is 6.51. The highest BCUT2D eigenvalue weighted by Gasteiger charge is 2.54. The quantitative estimate of drug-likeness (QED) is 0.254. The molecular weight excluding hydrogens is 562 g/mol. The Balaban J connectivity index is 1.40. The second-order valence-electron chi connectivity index (χ2n) is 10.8. The predicted octanol–water partition coefficient (Wildman–Crippen LogP) is 3.42. The van der Waals surface area contributed by atoms with Crippen LogP contribution in [-0.4, -0.2) is 58.7 Å². The van der Waals surface area contributed by atoms with E-state index >= 15 is 0 Å². The molecule has 2 aromatic carbocycles. The fourth-order valence-corrected chi connectivity index (χ4v) is 5.54. The molecule has 2 aliphatic heterocycles. The molecule has 0 bridgehead atoms. The van der Waals surface area contributed by atoms with Crippen LogP contribution in [0.5, 0.6) is 0 Å². The lowest BCUT2D eigenvalue weighted by molar-refractivity contribution is -0.173. The van der Waals surface area contributed by atoms with Crippen LogP contribution < -0.4 is 10.6 Å². The molecule has 2 aliphatic rings. The van der Waals surface area contributed by atoms with E-state index < -0.39 is 59.5 Å². The number of esters is 2. The van der Waals surface area contributed by atoms with Gasteiger partial charge < -0.3 is 24.8 Å². The molecule has 2 unspecified atom stereocenters. The standard InChI is InChI=1S/C30H33N3O8S/c1-18-16-42-26-22(25(35)33(26)23(18)27(36)40-17-41-28(37)30(2,3)4)31-24(34)21(20-13-9-6-10-14-20)32-29(38)39-15-19-11-7-5-8-12-19/h5-14,21-22,26H,15-17H2,1-4H3,(H,31,34)(H,32,38)/t21?,22?,26-/m1/s1. The lowest BCUT2D eigenvalue weighted by Crippen LogP contribution is -2.71. The number of nitrogens with zero attached hydrogens (tertiary/aromatic N) is 1. The van der Waals surface area contributed by atoms with Crippen molar-refractivity contribution < 1.29 is 38.2 Å². The monoisotopic (exact) mass is 595 g/mol. The van der Waals surface area contributed by atoms with Gasteiger partial charge in [-0.1, -0.05) is 60.7 Å². The third kappa shape index (κ3) is 7.11. The van der Waals surface area contributed by atoms with Crippen molar-refractivity contribution in [2.75, 3.05) is 12.5 Å². The summed E-state index contributed by atoms with van der Waals surface area (Å²) in [5.41, 5.74) is 1.19. The SMILES string of the molecule is CC1=C(C(=O)OCOC(=O)C(C)(C)C)N2C(=O)C(NC(=O)C(NC(=O)OCc3ccccc3)c3ccccc3)[C@H]2SC1. The Morgan fingerprint density at radius 2 is 1.62 bits per heavy atom. The molecule has 3 atom stereocenters. The molecule has 12 heteroatoms. The van der Waals surface area contributed by atoms with E-state index in [9.17, 15) is 24.0 Å². The van der Waals surface area contributed by atoms with E-state index in [0.717, 1.165) is 5.56 Å². The van der Waals surface area contributed by atoms with E-state index in [0.29, 0.717) is 16.9 Å². The maximum absolute atomic E-state index is 13.4. The van der Waals surface area contributed by atoms with Crippen molar-refractivity contribution in [2.45, 2.75) is 51.8 Å². The van der Waals surface area contributed by atoms with Gasteiger partial charge in [-0.3, -0.25) is 19.3 Å². The third-order valence-corrected chi connectivity index (χ3v) is 7.94. The average Bonchev–Trinajstić information content (AvgIpc) is 2.97. The van der Waals surface area contributed by atoms with Crippen molar-refractivity contribution in [3.8, 4) is 0 Å². The van der Waals surface area contributed by atoms with Gasteiger partial charge in [-0.2, -0.15) is 0 Å². The Morgan fingerprint density at radius 1 is 0.976 bits per heavy atom. The summed E-state index contributed by atoms with van der Waals surface area (Å²) in [6.07, 6.45) is -0.799. The van der Waals surface area contributed by atoms with Gasteiger partial charge in [0.15, 0.2) is 0 Å². The largest absolute Gasteiger partial charge is 0.445 e. The van der Waals surface area contributed by atoms with Crippen LogP contribution in [0.4, 0.5) is 4.79 Å². The van der Waals surface area contributed by atoms with Crippen LogP contribution in [-0.2, 0) is 40.0 Å². The number of carbonyl (C=O) groups is 5. The number of alkyl carbamates (subject to hydrolysis) is 1. The molecule has 1 fully saturated rings. The van der Waals surface area contributed by atoms with E-state index in [1.165, 1.54) is 16.7 Å². The molecule has 3 amide bonds. The van der Waals surface area contributed by atoms with Crippen LogP contribution in [0.1, 0.15) is 44.9 Å². The van der Waals surface area contributed by atoms with E-state index in [2.05, 4.69) is 10.6 Å². The van der Waals surface area contributed by atoms with Crippen molar-refractivity contribution in [2.24, 2.45) is 5.41 Å². The molecule has 0 saturated carbocycles. The van der Waals surface area contributed by atoms with Gasteiger partial charge in [0.05, 0.1) is 5.41 Å². The molecule has 2 heterocycles. The van der Waals surface area contributed by atoms with Crippen LogP contribution >= 0.6 is 11.8 Å². The van der Waals surface area contributed by atoms with Gasteiger partial charge in [0.25, 0.3) is 5.91 Å². The zero-order valence-electron chi connectivity index (χ0n) is 23.7. The number of β-lactam (4-membered cyclic amide) rings is 1. The maximum atomic E-state index is 13.4. The minimum atomic E-state index is -1.14. The van der Waals surface area contributed by atoms with Crippen molar-refractivity contribution >= 4 is 41.6 Å². The molecule has 222 valence electrons. The van der Waals surface area contributed by atoms with Crippen molar-refractivity contribution in [1.82, 2.24) is 15.5 Å². The van der Waals surface area contributed by atoms with Crippen molar-refractivity contribution in [3.05, 3.63) is 83.1 Å². The summed E-state index contributed by atoms with van der Waals surface area (Å²) in [6.45, 7) is 6.15. The molecule has 11 nitrogen and oxygen atoms in total.